The Labute approximate surface area is 205 Å². The predicted molar refractivity (Wildman–Crippen MR) is 136 cm³/mol. The van der Waals surface area contributed by atoms with E-state index in [0.29, 0.717) is 39.6 Å². The SMILES string of the molecule is CCCCOCC1CN(CCC[Si](OCC)(OCC)OCC)CCC[Si](OCC)(OCC)O1. The summed E-state index contributed by atoms with van der Waals surface area (Å²) in [5, 5.41) is 0. The van der Waals surface area contributed by atoms with Crippen LogP contribution in [0.4, 0.5) is 0 Å². The van der Waals surface area contributed by atoms with Gasteiger partial charge in [-0.3, -0.25) is 0 Å². The average Bonchev–Trinajstić information content (AvgIpc) is 2.76. The first-order valence-corrected chi connectivity index (χ1v) is 17.1. The first-order chi connectivity index (χ1) is 16.0. The van der Waals surface area contributed by atoms with Crippen LogP contribution in [0.25, 0.3) is 0 Å². The van der Waals surface area contributed by atoms with Crippen LogP contribution in [0.15, 0.2) is 0 Å². The van der Waals surface area contributed by atoms with Crippen molar-refractivity contribution in [3.05, 3.63) is 0 Å². The molecule has 0 saturated carbocycles. The average molecular weight is 510 g/mol. The lowest BCUT2D eigenvalue weighted by molar-refractivity contribution is -0.0311. The van der Waals surface area contributed by atoms with Crippen molar-refractivity contribution in [2.75, 3.05) is 65.9 Å². The van der Waals surface area contributed by atoms with E-state index in [0.717, 1.165) is 64.0 Å². The third-order valence-corrected chi connectivity index (χ3v) is 11.8. The summed E-state index contributed by atoms with van der Waals surface area (Å²) in [6.07, 6.45) is 4.10. The molecule has 1 heterocycles. The molecule has 8 nitrogen and oxygen atoms in total. The van der Waals surface area contributed by atoms with Gasteiger partial charge in [0.05, 0.1) is 12.7 Å². The molecule has 0 amide bonds. The fourth-order valence-electron chi connectivity index (χ4n) is 4.21. The van der Waals surface area contributed by atoms with E-state index in [1.54, 1.807) is 0 Å². The van der Waals surface area contributed by atoms with Gasteiger partial charge in [-0.1, -0.05) is 13.3 Å². The van der Waals surface area contributed by atoms with Crippen molar-refractivity contribution >= 4 is 17.6 Å². The fourth-order valence-corrected chi connectivity index (χ4v) is 9.55. The molecule has 1 fully saturated rings. The van der Waals surface area contributed by atoms with E-state index in [-0.39, 0.29) is 6.10 Å². The van der Waals surface area contributed by atoms with Crippen molar-refractivity contribution in [1.29, 1.82) is 0 Å². The van der Waals surface area contributed by atoms with Crippen LogP contribution < -0.4 is 0 Å². The summed E-state index contributed by atoms with van der Waals surface area (Å²) in [6.45, 7) is 19.4. The lowest BCUT2D eigenvalue weighted by Crippen LogP contribution is -2.54. The normalized spacial score (nSPS) is 20.0. The first-order valence-electron chi connectivity index (χ1n) is 13.2. The minimum absolute atomic E-state index is 0.0559. The predicted octanol–water partition coefficient (Wildman–Crippen LogP) is 4.34. The summed E-state index contributed by atoms with van der Waals surface area (Å²) >= 11 is 0. The van der Waals surface area contributed by atoms with E-state index < -0.39 is 17.6 Å². The molecule has 1 aliphatic heterocycles. The van der Waals surface area contributed by atoms with Crippen LogP contribution in [-0.2, 0) is 31.3 Å². The number of rotatable bonds is 19. The molecule has 33 heavy (non-hydrogen) atoms. The zero-order chi connectivity index (χ0) is 24.4. The van der Waals surface area contributed by atoms with Crippen LogP contribution >= 0.6 is 0 Å². The summed E-state index contributed by atoms with van der Waals surface area (Å²) in [7, 11) is -5.29. The number of ether oxygens (including phenoxy) is 1. The van der Waals surface area contributed by atoms with Crippen molar-refractivity contribution in [2.24, 2.45) is 0 Å². The molecule has 10 heteroatoms. The van der Waals surface area contributed by atoms with E-state index >= 15 is 0 Å². The van der Waals surface area contributed by atoms with E-state index in [1.165, 1.54) is 0 Å². The van der Waals surface area contributed by atoms with Crippen molar-refractivity contribution in [2.45, 2.75) is 85.4 Å². The Bertz CT molecular complexity index is 453. The number of hydrogen-bond acceptors (Lipinski definition) is 8. The minimum atomic E-state index is -2.68. The molecule has 0 N–H and O–H groups in total. The van der Waals surface area contributed by atoms with Gasteiger partial charge >= 0.3 is 17.6 Å². The monoisotopic (exact) mass is 509 g/mol. The second kappa shape index (κ2) is 18.4. The van der Waals surface area contributed by atoms with Crippen LogP contribution in [0, 0.1) is 0 Å². The molecular weight excluding hydrogens is 458 g/mol. The molecule has 0 aromatic rings. The van der Waals surface area contributed by atoms with Crippen LogP contribution in [0.2, 0.25) is 12.1 Å². The summed E-state index contributed by atoms with van der Waals surface area (Å²) in [5.41, 5.74) is 0. The molecule has 0 aliphatic carbocycles. The van der Waals surface area contributed by atoms with Gasteiger partial charge in [0.2, 0.25) is 0 Å². The first kappa shape index (κ1) is 31.1. The van der Waals surface area contributed by atoms with Crippen molar-refractivity contribution in [1.82, 2.24) is 4.90 Å². The third-order valence-electron chi connectivity index (χ3n) is 5.49. The van der Waals surface area contributed by atoms with Gasteiger partial charge in [0.25, 0.3) is 0 Å². The van der Waals surface area contributed by atoms with Crippen molar-refractivity contribution < 1.29 is 31.3 Å². The van der Waals surface area contributed by atoms with Gasteiger partial charge < -0.3 is 36.2 Å². The van der Waals surface area contributed by atoms with Gasteiger partial charge in [0.1, 0.15) is 0 Å². The molecule has 0 aromatic carbocycles. The van der Waals surface area contributed by atoms with Crippen LogP contribution in [0.3, 0.4) is 0 Å². The minimum Gasteiger partial charge on any atom is -0.379 e. The van der Waals surface area contributed by atoms with Crippen molar-refractivity contribution in [3.8, 4) is 0 Å². The Balaban J connectivity index is 2.78. The van der Waals surface area contributed by atoms with E-state index in [1.807, 2.05) is 34.6 Å². The highest BCUT2D eigenvalue weighted by Gasteiger charge is 2.44. The molecule has 1 aliphatic rings. The maximum atomic E-state index is 6.60. The highest BCUT2D eigenvalue weighted by Crippen LogP contribution is 2.25. The lowest BCUT2D eigenvalue weighted by Gasteiger charge is -2.38. The number of unbranched alkanes of at least 4 members (excludes halogenated alkanes) is 1. The second-order valence-electron chi connectivity index (χ2n) is 8.21. The van der Waals surface area contributed by atoms with Crippen LogP contribution in [0.1, 0.15) is 67.2 Å². The molecular formula is C23H51NO7Si2. The molecule has 0 aromatic heterocycles. The molecule has 0 bridgehead atoms. The Morgan fingerprint density at radius 1 is 0.879 bits per heavy atom. The van der Waals surface area contributed by atoms with Gasteiger partial charge in [0.15, 0.2) is 0 Å². The maximum Gasteiger partial charge on any atom is 0.501 e. The summed E-state index contributed by atoms with van der Waals surface area (Å²) in [6, 6.07) is 1.67. The standard InChI is InChI=1S/C23H51NO7Si2/c1-7-13-18-25-22-23-21-24(17-15-20-33(31-23,29-11-5)30-12-6)16-14-19-32(26-8-2,27-9-3)28-10-4/h23H,7-22H2,1-6H3. The number of nitrogens with zero attached hydrogens (tertiary/aromatic N) is 1. The molecule has 198 valence electrons. The van der Waals surface area contributed by atoms with E-state index in [9.17, 15) is 0 Å². The quantitative estimate of drug-likeness (QED) is 0.188. The summed E-state index contributed by atoms with van der Waals surface area (Å²) in [4.78, 5) is 2.48. The van der Waals surface area contributed by atoms with Gasteiger partial charge in [-0.25, -0.2) is 0 Å². The highest BCUT2D eigenvalue weighted by molar-refractivity contribution is 6.61. The zero-order valence-corrected chi connectivity index (χ0v) is 24.2. The molecule has 1 unspecified atom stereocenters. The van der Waals surface area contributed by atoms with Crippen molar-refractivity contribution in [3.63, 3.8) is 0 Å². The molecule has 1 atom stereocenters. The van der Waals surface area contributed by atoms with Gasteiger partial charge in [0, 0.05) is 58.3 Å². The summed E-state index contributed by atoms with van der Waals surface area (Å²) in [5.74, 6) is 0. The lowest BCUT2D eigenvalue weighted by atomic mass is 10.3. The third kappa shape index (κ3) is 12.1. The Hall–Kier alpha value is 0.114. The fraction of sp³-hybridized carbons (Fsp3) is 1.00. The number of hydrogen-bond donors (Lipinski definition) is 0. The zero-order valence-electron chi connectivity index (χ0n) is 22.2. The molecule has 1 saturated heterocycles. The van der Waals surface area contributed by atoms with Crippen LogP contribution in [-0.4, -0.2) is 94.5 Å². The Morgan fingerprint density at radius 3 is 2.06 bits per heavy atom. The second-order valence-corrected chi connectivity index (χ2v) is 13.6. The van der Waals surface area contributed by atoms with Gasteiger partial charge in [-0.15, -0.1) is 0 Å². The summed E-state index contributed by atoms with van der Waals surface area (Å²) < 4.78 is 42.9. The molecule has 0 radical (unpaired) electrons. The maximum absolute atomic E-state index is 6.60. The van der Waals surface area contributed by atoms with E-state index in [2.05, 4.69) is 11.8 Å². The highest BCUT2D eigenvalue weighted by atomic mass is 28.4. The van der Waals surface area contributed by atoms with Gasteiger partial charge in [-0.2, -0.15) is 0 Å². The topological polar surface area (TPSA) is 67.9 Å². The Kier molecular flexibility index (Phi) is 17.4. The van der Waals surface area contributed by atoms with Crippen LogP contribution in [0.5, 0.6) is 0 Å². The van der Waals surface area contributed by atoms with E-state index in [4.69, 9.17) is 31.3 Å². The smallest absolute Gasteiger partial charge is 0.379 e. The Morgan fingerprint density at radius 2 is 1.52 bits per heavy atom. The molecule has 1 rings (SSSR count). The largest absolute Gasteiger partial charge is 0.501 e. The van der Waals surface area contributed by atoms with Gasteiger partial charge in [-0.05, 0) is 67.0 Å². The molecule has 0 spiro atoms.